The van der Waals surface area contributed by atoms with Crippen LogP contribution in [0.15, 0.2) is 47.5 Å². The summed E-state index contributed by atoms with van der Waals surface area (Å²) in [4.78, 5) is 29.6. The van der Waals surface area contributed by atoms with Gasteiger partial charge in [0.25, 0.3) is 5.91 Å². The monoisotopic (exact) mass is 482 g/mol. The van der Waals surface area contributed by atoms with Crippen molar-refractivity contribution in [2.75, 3.05) is 20.3 Å². The Hall–Kier alpha value is -2.84. The maximum absolute atomic E-state index is 12.9. The predicted octanol–water partition coefficient (Wildman–Crippen LogP) is 3.52. The van der Waals surface area contributed by atoms with Crippen LogP contribution in [0.4, 0.5) is 4.39 Å². The Labute approximate surface area is 196 Å². The van der Waals surface area contributed by atoms with Crippen molar-refractivity contribution >= 4 is 40.9 Å². The number of hydrogen-bond acceptors (Lipinski definition) is 4. The van der Waals surface area contributed by atoms with Gasteiger partial charge >= 0.3 is 0 Å². The van der Waals surface area contributed by atoms with E-state index >= 15 is 0 Å². The number of rotatable bonds is 11. The molecule has 2 rings (SSSR count). The molecule has 0 aliphatic heterocycles. The van der Waals surface area contributed by atoms with Gasteiger partial charge in [-0.2, -0.15) is 0 Å². The number of nitrogens with one attached hydrogen (secondary N) is 2. The molecular formula is C22H25Cl2FN4O3. The van der Waals surface area contributed by atoms with E-state index in [1.54, 1.807) is 30.3 Å². The minimum absolute atomic E-state index is 0.113. The number of aliphatic imine (C=N–C) groups is 1. The van der Waals surface area contributed by atoms with E-state index in [1.165, 1.54) is 13.2 Å². The molecule has 1 atom stereocenters. The van der Waals surface area contributed by atoms with E-state index in [0.29, 0.717) is 22.2 Å². The van der Waals surface area contributed by atoms with E-state index in [1.807, 2.05) is 6.07 Å². The highest BCUT2D eigenvalue weighted by Gasteiger charge is 2.23. The van der Waals surface area contributed by atoms with Crippen LogP contribution in [0.1, 0.15) is 28.8 Å². The largest absolute Gasteiger partial charge is 0.496 e. The number of amides is 2. The standard InChI is InChI=1S/C22H25Cl2FN4O3/c1-32-19-9-8-15(23)11-16(19)21(30)29-18(7-4-10-27-20(26)12-25)22(31)28-13-14-5-2-3-6-17(14)24/h2-3,5-6,8-9,11,18H,4,7,10,12-13H2,1H3,(H2,26,27)(H,28,31)(H,29,30). The molecule has 0 saturated heterocycles. The second kappa shape index (κ2) is 12.9. The molecule has 10 heteroatoms. The molecule has 2 amide bonds. The zero-order chi connectivity index (χ0) is 23.5. The highest BCUT2D eigenvalue weighted by atomic mass is 35.5. The van der Waals surface area contributed by atoms with Crippen molar-refractivity contribution in [1.29, 1.82) is 0 Å². The molecule has 0 spiro atoms. The second-order valence-electron chi connectivity index (χ2n) is 6.83. The van der Waals surface area contributed by atoms with E-state index in [0.717, 1.165) is 5.56 Å². The number of carbonyl (C=O) groups is 2. The first kappa shape index (κ1) is 25.4. The lowest BCUT2D eigenvalue weighted by molar-refractivity contribution is -0.123. The van der Waals surface area contributed by atoms with Crippen LogP contribution in [0, 0.1) is 0 Å². The van der Waals surface area contributed by atoms with Crippen molar-refractivity contribution in [1.82, 2.24) is 10.6 Å². The fourth-order valence-corrected chi connectivity index (χ4v) is 3.24. The number of methoxy groups -OCH3 is 1. The zero-order valence-electron chi connectivity index (χ0n) is 17.5. The van der Waals surface area contributed by atoms with E-state index in [2.05, 4.69) is 15.6 Å². The summed E-state index contributed by atoms with van der Waals surface area (Å²) in [6, 6.07) is 10.9. The summed E-state index contributed by atoms with van der Waals surface area (Å²) < 4.78 is 17.7. The molecule has 0 aliphatic rings. The third-order valence-electron chi connectivity index (χ3n) is 4.54. The first-order valence-electron chi connectivity index (χ1n) is 9.86. The third kappa shape index (κ3) is 7.69. The number of hydrogen-bond donors (Lipinski definition) is 3. The molecule has 4 N–H and O–H groups in total. The van der Waals surface area contributed by atoms with Crippen LogP contribution < -0.4 is 21.1 Å². The lowest BCUT2D eigenvalue weighted by Crippen LogP contribution is -2.46. The topological polar surface area (TPSA) is 106 Å². The van der Waals surface area contributed by atoms with Crippen LogP contribution in [-0.2, 0) is 11.3 Å². The van der Waals surface area contributed by atoms with Crippen LogP contribution in [0.2, 0.25) is 10.0 Å². The van der Waals surface area contributed by atoms with Gasteiger partial charge in [0, 0.05) is 23.1 Å². The van der Waals surface area contributed by atoms with Gasteiger partial charge in [-0.1, -0.05) is 41.4 Å². The molecule has 0 aliphatic carbocycles. The first-order valence-corrected chi connectivity index (χ1v) is 10.6. The number of alkyl halides is 1. The Bertz CT molecular complexity index is 972. The highest BCUT2D eigenvalue weighted by molar-refractivity contribution is 6.31. The van der Waals surface area contributed by atoms with Gasteiger partial charge in [0.15, 0.2) is 0 Å². The Balaban J connectivity index is 2.12. The Morgan fingerprint density at radius 2 is 1.97 bits per heavy atom. The zero-order valence-corrected chi connectivity index (χ0v) is 19.0. The number of halogens is 3. The summed E-state index contributed by atoms with van der Waals surface area (Å²) in [5.74, 6) is -0.712. The van der Waals surface area contributed by atoms with Gasteiger partial charge in [-0.05, 0) is 42.7 Å². The lowest BCUT2D eigenvalue weighted by Gasteiger charge is -2.19. The van der Waals surface area contributed by atoms with Crippen LogP contribution >= 0.6 is 23.2 Å². The Kier molecular flexibility index (Phi) is 10.2. The molecule has 1 unspecified atom stereocenters. The Morgan fingerprint density at radius 1 is 1.22 bits per heavy atom. The maximum atomic E-state index is 12.9. The molecule has 7 nitrogen and oxygen atoms in total. The van der Waals surface area contributed by atoms with Crippen LogP contribution in [0.3, 0.4) is 0 Å². The third-order valence-corrected chi connectivity index (χ3v) is 5.15. The van der Waals surface area contributed by atoms with Crippen LogP contribution in [0.25, 0.3) is 0 Å². The summed E-state index contributed by atoms with van der Waals surface area (Å²) in [6.45, 7) is -0.425. The molecule has 172 valence electrons. The van der Waals surface area contributed by atoms with Gasteiger partial charge in [0.1, 0.15) is 24.3 Å². The first-order chi connectivity index (χ1) is 15.3. The number of nitrogens with two attached hydrogens (primary N) is 1. The minimum Gasteiger partial charge on any atom is -0.496 e. The number of ether oxygens (including phenoxy) is 1. The molecule has 0 radical (unpaired) electrons. The van der Waals surface area contributed by atoms with E-state index in [4.69, 9.17) is 33.7 Å². The molecule has 0 saturated carbocycles. The van der Waals surface area contributed by atoms with Crippen molar-refractivity contribution in [3.63, 3.8) is 0 Å². The summed E-state index contributed by atoms with van der Waals surface area (Å²) in [5, 5.41) is 6.37. The average molecular weight is 483 g/mol. The smallest absolute Gasteiger partial charge is 0.255 e. The van der Waals surface area contributed by atoms with Crippen molar-refractivity contribution in [2.24, 2.45) is 10.7 Å². The van der Waals surface area contributed by atoms with Gasteiger partial charge < -0.3 is 21.1 Å². The van der Waals surface area contributed by atoms with Gasteiger partial charge in [0.05, 0.1) is 12.7 Å². The minimum atomic E-state index is -0.879. The van der Waals surface area contributed by atoms with E-state index in [9.17, 15) is 14.0 Å². The molecule has 0 fully saturated rings. The molecule has 0 bridgehead atoms. The summed E-state index contributed by atoms with van der Waals surface area (Å²) in [7, 11) is 1.43. The quantitative estimate of drug-likeness (QED) is 0.258. The molecular weight excluding hydrogens is 458 g/mol. The van der Waals surface area contributed by atoms with Crippen molar-refractivity contribution in [3.05, 3.63) is 63.6 Å². The van der Waals surface area contributed by atoms with Gasteiger partial charge in [-0.15, -0.1) is 0 Å². The highest BCUT2D eigenvalue weighted by Crippen LogP contribution is 2.23. The fraction of sp³-hybridized carbons (Fsp3) is 0.318. The van der Waals surface area contributed by atoms with E-state index in [-0.39, 0.29) is 30.9 Å². The van der Waals surface area contributed by atoms with Gasteiger partial charge in [-0.3, -0.25) is 14.6 Å². The summed E-state index contributed by atoms with van der Waals surface area (Å²) >= 11 is 12.2. The van der Waals surface area contributed by atoms with E-state index < -0.39 is 24.5 Å². The van der Waals surface area contributed by atoms with Gasteiger partial charge in [-0.25, -0.2) is 4.39 Å². The molecule has 0 heterocycles. The fourth-order valence-electron chi connectivity index (χ4n) is 2.87. The van der Waals surface area contributed by atoms with Crippen molar-refractivity contribution in [2.45, 2.75) is 25.4 Å². The number of amidine groups is 1. The summed E-state index contributed by atoms with van der Waals surface area (Å²) in [6.07, 6.45) is 0.657. The predicted molar refractivity (Wildman–Crippen MR) is 124 cm³/mol. The van der Waals surface area contributed by atoms with Gasteiger partial charge in [0.2, 0.25) is 5.91 Å². The summed E-state index contributed by atoms with van der Waals surface area (Å²) in [5.41, 5.74) is 6.30. The lowest BCUT2D eigenvalue weighted by atomic mass is 10.1. The normalized spacial score (nSPS) is 12.2. The van der Waals surface area contributed by atoms with Crippen LogP contribution in [0.5, 0.6) is 5.75 Å². The molecule has 2 aromatic carbocycles. The number of nitrogens with zero attached hydrogens (tertiary/aromatic N) is 1. The number of benzene rings is 2. The Morgan fingerprint density at radius 3 is 2.66 bits per heavy atom. The SMILES string of the molecule is COc1ccc(Cl)cc1C(=O)NC(CCCN=C(N)CF)C(=O)NCc1ccccc1Cl. The van der Waals surface area contributed by atoms with Crippen molar-refractivity contribution < 1.29 is 18.7 Å². The number of carbonyl (C=O) groups excluding carboxylic acids is 2. The second-order valence-corrected chi connectivity index (χ2v) is 7.67. The molecule has 0 aromatic heterocycles. The van der Waals surface area contributed by atoms with Crippen molar-refractivity contribution in [3.8, 4) is 5.75 Å². The molecule has 2 aromatic rings. The van der Waals surface area contributed by atoms with Crippen LogP contribution in [-0.4, -0.2) is 44.0 Å². The average Bonchev–Trinajstić information content (AvgIpc) is 2.79. The maximum Gasteiger partial charge on any atom is 0.255 e. The molecule has 32 heavy (non-hydrogen) atoms.